The monoisotopic (exact) mass is 331 g/mol. The lowest BCUT2D eigenvalue weighted by Gasteiger charge is -2.28. The highest BCUT2D eigenvalue weighted by Crippen LogP contribution is 2.35. The molecule has 0 aromatic carbocycles. The molecule has 24 heavy (non-hydrogen) atoms. The van der Waals surface area contributed by atoms with E-state index in [0.29, 0.717) is 18.6 Å². The largest absolute Gasteiger partial charge is 0.376 e. The highest BCUT2D eigenvalue weighted by atomic mass is 16.5. The molecular formula is C17H25N5O2. The molecule has 7 heteroatoms. The number of likely N-dealkylation sites (tertiary alicyclic amines) is 1. The summed E-state index contributed by atoms with van der Waals surface area (Å²) in [6.07, 6.45) is 7.69. The van der Waals surface area contributed by atoms with E-state index in [0.717, 1.165) is 56.9 Å². The maximum Gasteiger partial charge on any atom is 0.237 e. The first-order valence-corrected chi connectivity index (χ1v) is 9.38. The zero-order valence-electron chi connectivity index (χ0n) is 14.0. The van der Waals surface area contributed by atoms with Crippen LogP contribution in [0.3, 0.4) is 0 Å². The quantitative estimate of drug-likeness (QED) is 0.876. The van der Waals surface area contributed by atoms with E-state index in [1.807, 2.05) is 0 Å². The van der Waals surface area contributed by atoms with Crippen molar-refractivity contribution in [3.63, 3.8) is 0 Å². The van der Waals surface area contributed by atoms with E-state index in [1.165, 1.54) is 12.8 Å². The van der Waals surface area contributed by atoms with Crippen LogP contribution in [0.4, 0.5) is 0 Å². The smallest absolute Gasteiger partial charge is 0.237 e. The summed E-state index contributed by atoms with van der Waals surface area (Å²) in [5.74, 6) is 2.30. The van der Waals surface area contributed by atoms with Gasteiger partial charge in [-0.15, -0.1) is 10.2 Å². The number of aromatic nitrogens is 3. The second kappa shape index (κ2) is 5.81. The summed E-state index contributed by atoms with van der Waals surface area (Å²) in [6, 6.07) is 0.662. The lowest BCUT2D eigenvalue weighted by Crippen LogP contribution is -2.46. The van der Waals surface area contributed by atoms with Crippen molar-refractivity contribution in [3.8, 4) is 0 Å². The number of carbonyl (C=O) groups is 1. The summed E-state index contributed by atoms with van der Waals surface area (Å²) in [5.41, 5.74) is 0. The van der Waals surface area contributed by atoms with E-state index in [2.05, 4.69) is 25.0 Å². The van der Waals surface area contributed by atoms with Crippen LogP contribution in [0.2, 0.25) is 0 Å². The molecule has 5 rings (SSSR count). The van der Waals surface area contributed by atoms with Crippen LogP contribution in [-0.2, 0) is 29.0 Å². The minimum Gasteiger partial charge on any atom is -0.376 e. The van der Waals surface area contributed by atoms with Crippen LogP contribution in [0.25, 0.3) is 0 Å². The third-order valence-corrected chi connectivity index (χ3v) is 5.94. The Kier molecular flexibility index (Phi) is 3.59. The second-order valence-electron chi connectivity index (χ2n) is 7.61. The third kappa shape index (κ3) is 2.54. The minimum absolute atomic E-state index is 0.0857. The molecule has 0 radical (unpaired) electrons. The van der Waals surface area contributed by atoms with Crippen LogP contribution in [0, 0.1) is 0 Å². The predicted octanol–water partition coefficient (Wildman–Crippen LogP) is 0.625. The molecule has 0 unspecified atom stereocenters. The number of nitrogens with one attached hydrogen (secondary N) is 1. The van der Waals surface area contributed by atoms with Crippen LogP contribution in [0.1, 0.15) is 50.2 Å². The van der Waals surface area contributed by atoms with Gasteiger partial charge >= 0.3 is 0 Å². The summed E-state index contributed by atoms with van der Waals surface area (Å²) in [5, 5.41) is 12.0. The Morgan fingerprint density at radius 3 is 3.04 bits per heavy atom. The molecule has 3 fully saturated rings. The fourth-order valence-corrected chi connectivity index (χ4v) is 4.49. The summed E-state index contributed by atoms with van der Waals surface area (Å²) in [4.78, 5) is 15.0. The Balaban J connectivity index is 1.38. The van der Waals surface area contributed by atoms with Gasteiger partial charge in [0.1, 0.15) is 11.6 Å². The van der Waals surface area contributed by atoms with Gasteiger partial charge in [0, 0.05) is 31.7 Å². The van der Waals surface area contributed by atoms with E-state index < -0.39 is 0 Å². The fourth-order valence-electron chi connectivity index (χ4n) is 4.49. The van der Waals surface area contributed by atoms with Gasteiger partial charge in [-0.2, -0.15) is 0 Å². The van der Waals surface area contributed by atoms with Crippen molar-refractivity contribution in [1.29, 1.82) is 0 Å². The van der Waals surface area contributed by atoms with Crippen molar-refractivity contribution in [2.75, 3.05) is 6.61 Å². The van der Waals surface area contributed by atoms with E-state index in [1.54, 1.807) is 0 Å². The molecule has 1 N–H and O–H groups in total. The zero-order chi connectivity index (χ0) is 16.1. The number of ether oxygens (including phenoxy) is 1. The van der Waals surface area contributed by atoms with Crippen molar-refractivity contribution in [3.05, 3.63) is 11.6 Å². The molecule has 4 heterocycles. The maximum absolute atomic E-state index is 12.7. The van der Waals surface area contributed by atoms with Gasteiger partial charge in [-0.1, -0.05) is 0 Å². The van der Waals surface area contributed by atoms with Gasteiger partial charge in [-0.3, -0.25) is 9.69 Å². The Morgan fingerprint density at radius 1 is 1.25 bits per heavy atom. The number of fused-ring (bicyclic) bond motifs is 2. The molecule has 0 spiro atoms. The normalized spacial score (nSPS) is 32.6. The molecule has 130 valence electrons. The first-order valence-electron chi connectivity index (χ1n) is 9.38. The van der Waals surface area contributed by atoms with Gasteiger partial charge < -0.3 is 14.6 Å². The van der Waals surface area contributed by atoms with E-state index >= 15 is 0 Å². The molecule has 1 aromatic heterocycles. The molecule has 1 saturated carbocycles. The maximum atomic E-state index is 12.7. The van der Waals surface area contributed by atoms with Crippen molar-refractivity contribution >= 4 is 5.91 Å². The number of amides is 1. The molecule has 2 saturated heterocycles. The van der Waals surface area contributed by atoms with Crippen molar-refractivity contribution in [2.45, 2.75) is 82.3 Å². The first kappa shape index (κ1) is 14.8. The number of nitrogens with zero attached hydrogens (tertiary/aromatic N) is 4. The molecule has 7 nitrogen and oxygen atoms in total. The number of rotatable bonds is 4. The highest BCUT2D eigenvalue weighted by Gasteiger charge is 2.48. The molecule has 3 atom stereocenters. The van der Waals surface area contributed by atoms with E-state index in [4.69, 9.17) is 4.74 Å². The average molecular weight is 331 g/mol. The Bertz CT molecular complexity index is 641. The van der Waals surface area contributed by atoms with E-state index in [-0.39, 0.29) is 18.1 Å². The SMILES string of the molecule is O=C(NC1CC1)[C@@H]1C[C@@H]2OCC[C@@H]2N1Cc1nnc2n1CCCC2. The first-order chi connectivity index (χ1) is 11.8. The number of hydrogen-bond donors (Lipinski definition) is 1. The zero-order valence-corrected chi connectivity index (χ0v) is 14.0. The van der Waals surface area contributed by atoms with Crippen molar-refractivity contribution in [2.24, 2.45) is 0 Å². The van der Waals surface area contributed by atoms with Gasteiger partial charge in [0.15, 0.2) is 0 Å². The third-order valence-electron chi connectivity index (χ3n) is 5.94. The van der Waals surface area contributed by atoms with Crippen molar-refractivity contribution in [1.82, 2.24) is 25.0 Å². The van der Waals surface area contributed by atoms with Gasteiger partial charge in [0.25, 0.3) is 0 Å². The second-order valence-corrected chi connectivity index (χ2v) is 7.61. The van der Waals surface area contributed by atoms with Gasteiger partial charge in [-0.25, -0.2) is 0 Å². The van der Waals surface area contributed by atoms with Gasteiger partial charge in [0.05, 0.1) is 18.7 Å². The van der Waals surface area contributed by atoms with Crippen LogP contribution in [-0.4, -0.2) is 56.4 Å². The number of carbonyl (C=O) groups excluding carboxylic acids is 1. The predicted molar refractivity (Wildman–Crippen MR) is 86.2 cm³/mol. The molecule has 1 amide bonds. The average Bonchev–Trinajstić information content (AvgIpc) is 3.02. The summed E-state index contributed by atoms with van der Waals surface area (Å²) in [7, 11) is 0. The molecular weight excluding hydrogens is 306 g/mol. The Hall–Kier alpha value is -1.47. The fraction of sp³-hybridized carbons (Fsp3) is 0.824. The lowest BCUT2D eigenvalue weighted by atomic mass is 10.1. The summed E-state index contributed by atoms with van der Waals surface area (Å²) >= 11 is 0. The lowest BCUT2D eigenvalue weighted by molar-refractivity contribution is -0.126. The number of hydrogen-bond acceptors (Lipinski definition) is 5. The summed E-state index contributed by atoms with van der Waals surface area (Å²) < 4.78 is 8.14. The Labute approximate surface area is 141 Å². The van der Waals surface area contributed by atoms with Crippen LogP contribution < -0.4 is 5.32 Å². The summed E-state index contributed by atoms with van der Waals surface area (Å²) in [6.45, 7) is 2.52. The highest BCUT2D eigenvalue weighted by molar-refractivity contribution is 5.82. The van der Waals surface area contributed by atoms with Gasteiger partial charge in [-0.05, 0) is 38.5 Å². The van der Waals surface area contributed by atoms with Crippen LogP contribution >= 0.6 is 0 Å². The van der Waals surface area contributed by atoms with E-state index in [9.17, 15) is 4.79 Å². The van der Waals surface area contributed by atoms with Crippen LogP contribution in [0.15, 0.2) is 0 Å². The minimum atomic E-state index is -0.0857. The Morgan fingerprint density at radius 2 is 2.17 bits per heavy atom. The van der Waals surface area contributed by atoms with Gasteiger partial charge in [0.2, 0.25) is 5.91 Å². The number of aryl methyl sites for hydroxylation is 1. The molecule has 1 aliphatic carbocycles. The van der Waals surface area contributed by atoms with Crippen LogP contribution in [0.5, 0.6) is 0 Å². The molecule has 4 aliphatic rings. The standard InChI is InChI=1S/C17H25N5O2/c23-17(18-11-4-5-11)13-9-14-12(6-8-24-14)22(13)10-16-20-19-15-3-1-2-7-21(15)16/h11-14H,1-10H2,(H,18,23)/t12-,13-,14-/m0/s1. The molecule has 1 aromatic rings. The topological polar surface area (TPSA) is 72.3 Å². The van der Waals surface area contributed by atoms with Crippen molar-refractivity contribution < 1.29 is 9.53 Å². The molecule has 3 aliphatic heterocycles. The molecule has 0 bridgehead atoms.